The Morgan fingerprint density at radius 1 is 1.30 bits per heavy atom. The van der Waals surface area contributed by atoms with Crippen LogP contribution in [0, 0.1) is 0 Å². The summed E-state index contributed by atoms with van der Waals surface area (Å²) in [5, 5.41) is 3.32. The van der Waals surface area contributed by atoms with Gasteiger partial charge in [0.1, 0.15) is 6.42 Å². The number of hydrogen-bond donors (Lipinski definition) is 1. The Balaban J connectivity index is 1.92. The molecule has 1 heterocycles. The Bertz CT molecular complexity index is 526. The van der Waals surface area contributed by atoms with Crippen molar-refractivity contribution in [3.8, 4) is 0 Å². The van der Waals surface area contributed by atoms with Gasteiger partial charge >= 0.3 is 6.18 Å². The SMILES string of the molecule is CC(C)c1ccc(N[C@H]2CCCN(C(=O)CC(F)(F)F)C2)cc1. The molecule has 2 rings (SSSR count). The molecule has 1 N–H and O–H groups in total. The zero-order valence-corrected chi connectivity index (χ0v) is 13.5. The number of piperidine rings is 1. The predicted molar refractivity (Wildman–Crippen MR) is 84.4 cm³/mol. The average molecular weight is 328 g/mol. The number of nitrogens with one attached hydrogen (secondary N) is 1. The van der Waals surface area contributed by atoms with E-state index in [0.717, 1.165) is 12.1 Å². The zero-order chi connectivity index (χ0) is 17.0. The Hall–Kier alpha value is -1.72. The van der Waals surface area contributed by atoms with Gasteiger partial charge in [0.25, 0.3) is 0 Å². The fourth-order valence-corrected chi connectivity index (χ4v) is 2.80. The van der Waals surface area contributed by atoms with Crippen molar-refractivity contribution in [3.63, 3.8) is 0 Å². The van der Waals surface area contributed by atoms with Gasteiger partial charge in [-0.15, -0.1) is 0 Å². The van der Waals surface area contributed by atoms with Crippen LogP contribution in [0.2, 0.25) is 0 Å². The third kappa shape index (κ3) is 5.44. The summed E-state index contributed by atoms with van der Waals surface area (Å²) >= 11 is 0. The van der Waals surface area contributed by atoms with E-state index in [-0.39, 0.29) is 6.04 Å². The maximum atomic E-state index is 12.3. The lowest BCUT2D eigenvalue weighted by Gasteiger charge is -2.34. The van der Waals surface area contributed by atoms with Gasteiger partial charge in [-0.25, -0.2) is 0 Å². The van der Waals surface area contributed by atoms with Crippen molar-refractivity contribution in [3.05, 3.63) is 29.8 Å². The first-order valence-corrected chi connectivity index (χ1v) is 7.95. The molecule has 1 atom stereocenters. The number of likely N-dealkylation sites (tertiary alicyclic amines) is 1. The molecule has 3 nitrogen and oxygen atoms in total. The first-order chi connectivity index (χ1) is 10.7. The number of rotatable bonds is 4. The first kappa shape index (κ1) is 17.6. The van der Waals surface area contributed by atoms with Gasteiger partial charge in [-0.2, -0.15) is 13.2 Å². The van der Waals surface area contributed by atoms with Crippen molar-refractivity contribution in [2.75, 3.05) is 18.4 Å². The van der Waals surface area contributed by atoms with Gasteiger partial charge in [-0.05, 0) is 36.5 Å². The number of alkyl halides is 3. The normalized spacial score (nSPS) is 19.0. The van der Waals surface area contributed by atoms with E-state index >= 15 is 0 Å². The van der Waals surface area contributed by atoms with Crippen LogP contribution in [-0.2, 0) is 4.79 Å². The van der Waals surface area contributed by atoms with E-state index in [1.165, 1.54) is 10.5 Å². The largest absolute Gasteiger partial charge is 0.397 e. The highest BCUT2D eigenvalue weighted by atomic mass is 19.4. The molecule has 0 aromatic heterocycles. The van der Waals surface area contributed by atoms with E-state index in [0.29, 0.717) is 25.4 Å². The van der Waals surface area contributed by atoms with Gasteiger partial charge in [0.2, 0.25) is 5.91 Å². The lowest BCUT2D eigenvalue weighted by molar-refractivity contribution is -0.162. The van der Waals surface area contributed by atoms with Gasteiger partial charge in [0.15, 0.2) is 0 Å². The molecule has 1 aromatic carbocycles. The van der Waals surface area contributed by atoms with Crippen molar-refractivity contribution in [1.29, 1.82) is 0 Å². The highest BCUT2D eigenvalue weighted by molar-refractivity contribution is 5.77. The lowest BCUT2D eigenvalue weighted by Crippen LogP contribution is -2.46. The van der Waals surface area contributed by atoms with Crippen LogP contribution < -0.4 is 5.32 Å². The summed E-state index contributed by atoms with van der Waals surface area (Å²) in [6, 6.07) is 8.04. The molecule has 1 saturated heterocycles. The van der Waals surface area contributed by atoms with Gasteiger partial charge in [-0.1, -0.05) is 26.0 Å². The van der Waals surface area contributed by atoms with Crippen LogP contribution in [0.5, 0.6) is 0 Å². The molecular formula is C17H23F3N2O. The highest BCUT2D eigenvalue weighted by Gasteiger charge is 2.35. The minimum Gasteiger partial charge on any atom is -0.381 e. The van der Waals surface area contributed by atoms with Gasteiger partial charge in [-0.3, -0.25) is 4.79 Å². The molecule has 0 saturated carbocycles. The summed E-state index contributed by atoms with van der Waals surface area (Å²) < 4.78 is 37.0. The zero-order valence-electron chi connectivity index (χ0n) is 13.5. The monoisotopic (exact) mass is 328 g/mol. The fraction of sp³-hybridized carbons (Fsp3) is 0.588. The molecule has 1 aromatic rings. The molecule has 1 amide bonds. The fourth-order valence-electron chi connectivity index (χ4n) is 2.80. The van der Waals surface area contributed by atoms with E-state index in [2.05, 4.69) is 19.2 Å². The van der Waals surface area contributed by atoms with Crippen LogP contribution in [0.15, 0.2) is 24.3 Å². The summed E-state index contributed by atoms with van der Waals surface area (Å²) in [6.07, 6.45) is -4.25. The molecular weight excluding hydrogens is 305 g/mol. The minimum absolute atomic E-state index is 0.00849. The third-order valence-corrected chi connectivity index (χ3v) is 4.07. The van der Waals surface area contributed by atoms with Crippen molar-refractivity contribution < 1.29 is 18.0 Å². The van der Waals surface area contributed by atoms with Crippen LogP contribution in [-0.4, -0.2) is 36.1 Å². The van der Waals surface area contributed by atoms with E-state index in [9.17, 15) is 18.0 Å². The van der Waals surface area contributed by atoms with E-state index in [4.69, 9.17) is 0 Å². The second-order valence-corrected chi connectivity index (χ2v) is 6.39. The van der Waals surface area contributed by atoms with Crippen LogP contribution in [0.4, 0.5) is 18.9 Å². The van der Waals surface area contributed by atoms with Crippen LogP contribution in [0.1, 0.15) is 44.6 Å². The molecule has 1 aliphatic heterocycles. The maximum Gasteiger partial charge on any atom is 0.397 e. The molecule has 128 valence electrons. The number of carbonyl (C=O) groups is 1. The minimum atomic E-state index is -4.44. The summed E-state index contributed by atoms with van der Waals surface area (Å²) in [4.78, 5) is 13.0. The number of anilines is 1. The maximum absolute atomic E-state index is 12.3. The lowest BCUT2D eigenvalue weighted by atomic mass is 10.0. The van der Waals surface area contributed by atoms with Crippen molar-refractivity contribution in [2.45, 2.75) is 51.2 Å². The van der Waals surface area contributed by atoms with Gasteiger partial charge in [0, 0.05) is 24.8 Å². The van der Waals surface area contributed by atoms with E-state index < -0.39 is 18.5 Å². The second-order valence-electron chi connectivity index (χ2n) is 6.39. The molecule has 1 fully saturated rings. The molecule has 1 aliphatic rings. The van der Waals surface area contributed by atoms with Crippen molar-refractivity contribution in [1.82, 2.24) is 4.90 Å². The van der Waals surface area contributed by atoms with Gasteiger partial charge in [0.05, 0.1) is 0 Å². The highest BCUT2D eigenvalue weighted by Crippen LogP contribution is 2.24. The van der Waals surface area contributed by atoms with Crippen LogP contribution in [0.3, 0.4) is 0 Å². The molecule has 0 unspecified atom stereocenters. The number of amides is 1. The first-order valence-electron chi connectivity index (χ1n) is 7.95. The average Bonchev–Trinajstić information content (AvgIpc) is 2.46. The topological polar surface area (TPSA) is 32.3 Å². The molecule has 6 heteroatoms. The van der Waals surface area contributed by atoms with Gasteiger partial charge < -0.3 is 10.2 Å². The predicted octanol–water partition coefficient (Wildman–Crippen LogP) is 4.17. The quantitative estimate of drug-likeness (QED) is 0.900. The van der Waals surface area contributed by atoms with E-state index in [1.54, 1.807) is 0 Å². The molecule has 0 radical (unpaired) electrons. The third-order valence-electron chi connectivity index (χ3n) is 4.07. The molecule has 23 heavy (non-hydrogen) atoms. The summed E-state index contributed by atoms with van der Waals surface area (Å²) in [7, 11) is 0. The number of halogens is 3. The molecule has 0 bridgehead atoms. The standard InChI is InChI=1S/C17H23F3N2O/c1-12(2)13-5-7-14(8-6-13)21-15-4-3-9-22(11-15)16(23)10-17(18,19)20/h5-8,12,15,21H,3-4,9-11H2,1-2H3/t15-/m0/s1. The number of carbonyl (C=O) groups excluding carboxylic acids is 1. The number of nitrogens with zero attached hydrogens (tertiary/aromatic N) is 1. The Labute approximate surface area is 134 Å². The molecule has 0 spiro atoms. The second kappa shape index (κ2) is 7.23. The Morgan fingerprint density at radius 2 is 1.96 bits per heavy atom. The summed E-state index contributed by atoms with van der Waals surface area (Å²) in [5.41, 5.74) is 2.17. The number of hydrogen-bond acceptors (Lipinski definition) is 2. The Morgan fingerprint density at radius 3 is 2.52 bits per heavy atom. The Kier molecular flexibility index (Phi) is 5.55. The van der Waals surface area contributed by atoms with Crippen LogP contribution in [0.25, 0.3) is 0 Å². The molecule has 0 aliphatic carbocycles. The smallest absolute Gasteiger partial charge is 0.381 e. The number of benzene rings is 1. The van der Waals surface area contributed by atoms with Crippen LogP contribution >= 0.6 is 0 Å². The summed E-state index contributed by atoms with van der Waals surface area (Å²) in [5.74, 6) is -0.381. The summed E-state index contributed by atoms with van der Waals surface area (Å²) in [6.45, 7) is 4.96. The van der Waals surface area contributed by atoms with Crippen molar-refractivity contribution >= 4 is 11.6 Å². The van der Waals surface area contributed by atoms with Crippen molar-refractivity contribution in [2.24, 2.45) is 0 Å². The van der Waals surface area contributed by atoms with E-state index in [1.807, 2.05) is 24.3 Å².